The predicted octanol–water partition coefficient (Wildman–Crippen LogP) is 3.59. The quantitative estimate of drug-likeness (QED) is 0.653. The fourth-order valence-corrected chi connectivity index (χ4v) is 3.95. The van der Waals surface area contributed by atoms with E-state index in [1.165, 1.54) is 12.4 Å². The number of nitrogens with one attached hydrogen (secondary N) is 1. The topological polar surface area (TPSA) is 67.2 Å². The number of piperidine rings is 1. The number of ketones is 1. The molecule has 2 aromatic carbocycles. The van der Waals surface area contributed by atoms with Gasteiger partial charge < -0.3 is 9.88 Å². The first-order valence-corrected chi connectivity index (χ1v) is 10.1. The van der Waals surface area contributed by atoms with Gasteiger partial charge in [0.25, 0.3) is 0 Å². The summed E-state index contributed by atoms with van der Waals surface area (Å²) in [6.45, 7) is 4.76. The van der Waals surface area contributed by atoms with E-state index in [4.69, 9.17) is 0 Å². The number of carbonyl (C=O) groups is 2. The summed E-state index contributed by atoms with van der Waals surface area (Å²) in [7, 11) is 0. The molecule has 6 nitrogen and oxygen atoms in total. The second kappa shape index (κ2) is 8.57. The molecule has 1 aliphatic heterocycles. The van der Waals surface area contributed by atoms with Crippen LogP contribution in [-0.2, 0) is 11.3 Å². The summed E-state index contributed by atoms with van der Waals surface area (Å²) in [5.74, 6) is 0.611. The normalized spacial score (nSPS) is 15.5. The number of anilines is 1. The Kier molecular flexibility index (Phi) is 5.71. The highest BCUT2D eigenvalue weighted by Gasteiger charge is 2.21. The smallest absolute Gasteiger partial charge is 0.238 e. The summed E-state index contributed by atoms with van der Waals surface area (Å²) < 4.78 is 2.24. The Balaban J connectivity index is 1.25. The maximum atomic E-state index is 12.4. The molecule has 1 saturated heterocycles. The molecule has 0 unspecified atom stereocenters. The van der Waals surface area contributed by atoms with Crippen molar-refractivity contribution in [3.8, 4) is 0 Å². The second-order valence-corrected chi connectivity index (χ2v) is 7.79. The van der Waals surface area contributed by atoms with Crippen LogP contribution in [-0.4, -0.2) is 45.8 Å². The van der Waals surface area contributed by atoms with Crippen LogP contribution in [0.15, 0.2) is 54.9 Å². The average molecular weight is 390 g/mol. The van der Waals surface area contributed by atoms with Crippen LogP contribution in [0.5, 0.6) is 0 Å². The SMILES string of the molecule is CC(=O)c1ccc(NC(=O)CN2CCC(Cn3cnc4ccccc43)CC2)cc1. The number of imidazole rings is 1. The molecule has 0 aliphatic carbocycles. The summed E-state index contributed by atoms with van der Waals surface area (Å²) in [5.41, 5.74) is 3.60. The third-order valence-electron chi connectivity index (χ3n) is 5.63. The average Bonchev–Trinajstić information content (AvgIpc) is 3.13. The molecule has 150 valence electrons. The molecule has 0 bridgehead atoms. The largest absolute Gasteiger partial charge is 0.330 e. The number of hydrogen-bond donors (Lipinski definition) is 1. The molecule has 0 radical (unpaired) electrons. The zero-order chi connectivity index (χ0) is 20.2. The first-order chi connectivity index (χ1) is 14.1. The van der Waals surface area contributed by atoms with Crippen LogP contribution in [0.3, 0.4) is 0 Å². The number of benzene rings is 2. The lowest BCUT2D eigenvalue weighted by molar-refractivity contribution is -0.117. The van der Waals surface area contributed by atoms with Crippen molar-refractivity contribution in [2.45, 2.75) is 26.3 Å². The lowest BCUT2D eigenvalue weighted by Crippen LogP contribution is -2.39. The minimum Gasteiger partial charge on any atom is -0.330 e. The highest BCUT2D eigenvalue weighted by atomic mass is 16.2. The number of likely N-dealkylation sites (tertiary alicyclic amines) is 1. The number of aromatic nitrogens is 2. The molecule has 1 aliphatic rings. The summed E-state index contributed by atoms with van der Waals surface area (Å²) in [6.07, 6.45) is 4.09. The van der Waals surface area contributed by atoms with Gasteiger partial charge in [-0.3, -0.25) is 14.5 Å². The number of rotatable bonds is 6. The molecule has 3 aromatic rings. The number of hydrogen-bond acceptors (Lipinski definition) is 4. The Hall–Kier alpha value is -2.99. The van der Waals surface area contributed by atoms with E-state index in [-0.39, 0.29) is 11.7 Å². The number of carbonyl (C=O) groups excluding carboxylic acids is 2. The Morgan fingerprint density at radius 2 is 1.79 bits per heavy atom. The van der Waals surface area contributed by atoms with Crippen LogP contribution in [0.1, 0.15) is 30.1 Å². The highest BCUT2D eigenvalue weighted by molar-refractivity contribution is 5.96. The van der Waals surface area contributed by atoms with Crippen LogP contribution in [0.25, 0.3) is 11.0 Å². The van der Waals surface area contributed by atoms with Gasteiger partial charge in [0.15, 0.2) is 5.78 Å². The lowest BCUT2D eigenvalue weighted by Gasteiger charge is -2.31. The van der Waals surface area contributed by atoms with E-state index in [1.54, 1.807) is 24.3 Å². The second-order valence-electron chi connectivity index (χ2n) is 7.79. The van der Waals surface area contributed by atoms with Gasteiger partial charge in [0.2, 0.25) is 5.91 Å². The maximum absolute atomic E-state index is 12.4. The fraction of sp³-hybridized carbons (Fsp3) is 0.348. The zero-order valence-electron chi connectivity index (χ0n) is 16.7. The molecule has 1 aromatic heterocycles. The third kappa shape index (κ3) is 4.71. The van der Waals surface area contributed by atoms with Crippen LogP contribution < -0.4 is 5.32 Å². The van der Waals surface area contributed by atoms with Gasteiger partial charge in [-0.2, -0.15) is 0 Å². The molecule has 2 heterocycles. The minimum atomic E-state index is -0.0142. The fourth-order valence-electron chi connectivity index (χ4n) is 3.95. The van der Waals surface area contributed by atoms with Crippen molar-refractivity contribution in [3.05, 3.63) is 60.4 Å². The Morgan fingerprint density at radius 3 is 2.52 bits per heavy atom. The minimum absolute atomic E-state index is 0.0142. The molecular weight excluding hydrogens is 364 g/mol. The van der Waals surface area contributed by atoms with Gasteiger partial charge in [0.05, 0.1) is 23.9 Å². The van der Waals surface area contributed by atoms with Gasteiger partial charge in [0.1, 0.15) is 0 Å². The lowest BCUT2D eigenvalue weighted by atomic mass is 9.96. The number of nitrogens with zero attached hydrogens (tertiary/aromatic N) is 3. The first-order valence-electron chi connectivity index (χ1n) is 10.1. The number of Topliss-reactive ketones (excluding diaryl/α,β-unsaturated/α-hetero) is 1. The number of para-hydroxylation sites is 2. The standard InChI is InChI=1S/C23H26N4O2/c1-17(28)19-6-8-20(9-7-19)25-23(29)15-26-12-10-18(11-13-26)14-27-16-24-21-4-2-3-5-22(21)27/h2-9,16,18H,10-15H2,1H3,(H,25,29). The van der Waals surface area contributed by atoms with Crippen molar-refractivity contribution >= 4 is 28.4 Å². The zero-order valence-corrected chi connectivity index (χ0v) is 16.7. The molecule has 0 spiro atoms. The molecule has 29 heavy (non-hydrogen) atoms. The monoisotopic (exact) mass is 390 g/mol. The van der Waals surface area contributed by atoms with Crippen molar-refractivity contribution < 1.29 is 9.59 Å². The van der Waals surface area contributed by atoms with Gasteiger partial charge in [-0.05, 0) is 75.2 Å². The van der Waals surface area contributed by atoms with E-state index in [0.29, 0.717) is 18.0 Å². The van der Waals surface area contributed by atoms with Crippen LogP contribution in [0, 0.1) is 5.92 Å². The molecule has 4 rings (SSSR count). The Morgan fingerprint density at radius 1 is 1.07 bits per heavy atom. The van der Waals surface area contributed by atoms with Crippen molar-refractivity contribution in [2.75, 3.05) is 25.0 Å². The molecule has 0 atom stereocenters. The molecule has 1 N–H and O–H groups in total. The van der Waals surface area contributed by atoms with Gasteiger partial charge in [0, 0.05) is 17.8 Å². The van der Waals surface area contributed by atoms with E-state index < -0.39 is 0 Å². The summed E-state index contributed by atoms with van der Waals surface area (Å²) in [4.78, 5) is 30.4. The van der Waals surface area contributed by atoms with E-state index >= 15 is 0 Å². The number of amides is 1. The van der Waals surface area contributed by atoms with Crippen molar-refractivity contribution in [1.29, 1.82) is 0 Å². The van der Waals surface area contributed by atoms with Crippen LogP contribution in [0.4, 0.5) is 5.69 Å². The van der Waals surface area contributed by atoms with Crippen molar-refractivity contribution in [3.63, 3.8) is 0 Å². The Bertz CT molecular complexity index is 1000. The summed E-state index contributed by atoms with van der Waals surface area (Å²) >= 11 is 0. The molecule has 1 amide bonds. The number of fused-ring (bicyclic) bond motifs is 1. The maximum Gasteiger partial charge on any atom is 0.238 e. The Labute approximate surface area is 170 Å². The summed E-state index contributed by atoms with van der Waals surface area (Å²) in [6, 6.07) is 15.3. The van der Waals surface area contributed by atoms with Gasteiger partial charge in [-0.1, -0.05) is 12.1 Å². The van der Waals surface area contributed by atoms with Crippen molar-refractivity contribution in [1.82, 2.24) is 14.5 Å². The first kappa shape index (κ1) is 19.3. The van der Waals surface area contributed by atoms with E-state index in [9.17, 15) is 9.59 Å². The third-order valence-corrected chi connectivity index (χ3v) is 5.63. The molecule has 6 heteroatoms. The van der Waals surface area contributed by atoms with Gasteiger partial charge >= 0.3 is 0 Å². The molecule has 1 fully saturated rings. The van der Waals surface area contributed by atoms with Crippen molar-refractivity contribution in [2.24, 2.45) is 5.92 Å². The van der Waals surface area contributed by atoms with E-state index in [2.05, 4.69) is 31.9 Å². The molecule has 0 saturated carbocycles. The van der Waals surface area contributed by atoms with Gasteiger partial charge in [-0.25, -0.2) is 4.98 Å². The van der Waals surface area contributed by atoms with Crippen LogP contribution >= 0.6 is 0 Å². The van der Waals surface area contributed by atoms with E-state index in [0.717, 1.165) is 43.7 Å². The summed E-state index contributed by atoms with van der Waals surface area (Å²) in [5, 5.41) is 2.92. The molecular formula is C23H26N4O2. The van der Waals surface area contributed by atoms with Crippen LogP contribution in [0.2, 0.25) is 0 Å². The predicted molar refractivity (Wildman–Crippen MR) is 114 cm³/mol. The highest BCUT2D eigenvalue weighted by Crippen LogP contribution is 2.22. The van der Waals surface area contributed by atoms with Gasteiger partial charge in [-0.15, -0.1) is 0 Å². The van der Waals surface area contributed by atoms with E-state index in [1.807, 2.05) is 18.5 Å².